The topological polar surface area (TPSA) is 44.6 Å². The summed E-state index contributed by atoms with van der Waals surface area (Å²) in [7, 11) is 0. The maximum absolute atomic E-state index is 5.60. The molecule has 0 saturated carbocycles. The summed E-state index contributed by atoms with van der Waals surface area (Å²) < 4.78 is 12.7. The van der Waals surface area contributed by atoms with Crippen LogP contribution in [0, 0.1) is 11.8 Å². The van der Waals surface area contributed by atoms with E-state index in [9.17, 15) is 0 Å². The van der Waals surface area contributed by atoms with Gasteiger partial charge in [-0.2, -0.15) is 4.68 Å². The molecule has 3 rings (SSSR count). The Labute approximate surface area is 122 Å². The van der Waals surface area contributed by atoms with Crippen molar-refractivity contribution in [3.63, 3.8) is 0 Å². The van der Waals surface area contributed by atoms with Gasteiger partial charge >= 0.3 is 0 Å². The molecule has 20 heavy (non-hydrogen) atoms. The molecule has 0 spiro atoms. The number of nitrogens with one attached hydrogen (secondary N) is 1. The molecule has 0 radical (unpaired) electrons. The number of nitrogens with zero attached hydrogens (tertiary/aromatic N) is 2. The summed E-state index contributed by atoms with van der Waals surface area (Å²) in [6, 6.07) is 8.09. The van der Waals surface area contributed by atoms with Crippen LogP contribution in [0.5, 0.6) is 0 Å². The molecule has 1 aromatic heterocycles. The Morgan fingerprint density at radius 1 is 1.25 bits per heavy atom. The monoisotopic (exact) mass is 292 g/mol. The van der Waals surface area contributed by atoms with E-state index < -0.39 is 0 Å². The standard InChI is InChI=1S/C14H17N3O2S/c1-11-2-4-12(5-3-11)13-15-17(14(20)19-13)10-16-6-8-18-9-7-16/h2-5H,6-10H2,1H3/p+1. The second-order valence-corrected chi connectivity index (χ2v) is 5.41. The van der Waals surface area contributed by atoms with Gasteiger partial charge in [0.25, 0.3) is 4.84 Å². The van der Waals surface area contributed by atoms with Crippen molar-refractivity contribution >= 4 is 12.2 Å². The maximum atomic E-state index is 5.60. The smallest absolute Gasteiger partial charge is 0.292 e. The van der Waals surface area contributed by atoms with Gasteiger partial charge in [0.1, 0.15) is 13.1 Å². The maximum Gasteiger partial charge on any atom is 0.292 e. The van der Waals surface area contributed by atoms with E-state index in [0.717, 1.165) is 38.5 Å². The summed E-state index contributed by atoms with van der Waals surface area (Å²) in [4.78, 5) is 1.84. The minimum atomic E-state index is 0.430. The number of ether oxygens (including phenoxy) is 1. The molecule has 0 amide bonds. The molecule has 106 valence electrons. The van der Waals surface area contributed by atoms with Crippen molar-refractivity contribution in [3.8, 4) is 11.5 Å². The fourth-order valence-corrected chi connectivity index (χ4v) is 2.43. The zero-order valence-corrected chi connectivity index (χ0v) is 12.3. The summed E-state index contributed by atoms with van der Waals surface area (Å²) in [5.74, 6) is 0.586. The number of hydrogen-bond acceptors (Lipinski definition) is 4. The number of morpholine rings is 1. The van der Waals surface area contributed by atoms with Crippen LogP contribution in [-0.4, -0.2) is 36.1 Å². The Morgan fingerprint density at radius 3 is 2.65 bits per heavy atom. The molecule has 1 N–H and O–H groups in total. The van der Waals surface area contributed by atoms with Crippen LogP contribution in [0.25, 0.3) is 11.5 Å². The van der Waals surface area contributed by atoms with Crippen LogP contribution in [-0.2, 0) is 11.4 Å². The molecule has 1 fully saturated rings. The normalized spacial score (nSPS) is 16.4. The van der Waals surface area contributed by atoms with E-state index in [0.29, 0.717) is 10.7 Å². The average Bonchev–Trinajstić information content (AvgIpc) is 2.82. The number of quaternary nitrogens is 1. The first-order valence-corrected chi connectivity index (χ1v) is 7.19. The lowest BCUT2D eigenvalue weighted by atomic mass is 10.1. The highest BCUT2D eigenvalue weighted by Gasteiger charge is 2.17. The molecule has 5 nitrogen and oxygen atoms in total. The Bertz CT molecular complexity index is 627. The van der Waals surface area contributed by atoms with E-state index >= 15 is 0 Å². The number of rotatable bonds is 3. The van der Waals surface area contributed by atoms with Gasteiger partial charge in [-0.05, 0) is 31.3 Å². The predicted octanol–water partition coefficient (Wildman–Crippen LogP) is 1.05. The summed E-state index contributed by atoms with van der Waals surface area (Å²) in [5.41, 5.74) is 2.17. The zero-order valence-electron chi connectivity index (χ0n) is 11.5. The summed E-state index contributed by atoms with van der Waals surface area (Å²) in [6.07, 6.45) is 0. The van der Waals surface area contributed by atoms with Gasteiger partial charge in [0.15, 0.2) is 6.67 Å². The minimum Gasteiger partial charge on any atom is -0.409 e. The van der Waals surface area contributed by atoms with Crippen LogP contribution in [0.1, 0.15) is 5.56 Å². The third-order valence-corrected chi connectivity index (χ3v) is 3.77. The van der Waals surface area contributed by atoms with Crippen LogP contribution >= 0.6 is 12.2 Å². The van der Waals surface area contributed by atoms with E-state index in [1.807, 2.05) is 24.3 Å². The highest BCUT2D eigenvalue weighted by Crippen LogP contribution is 2.17. The van der Waals surface area contributed by atoms with Gasteiger partial charge in [0, 0.05) is 5.56 Å². The third-order valence-electron chi connectivity index (χ3n) is 3.48. The molecule has 2 aromatic rings. The number of aryl methyl sites for hydroxylation is 1. The van der Waals surface area contributed by atoms with E-state index in [1.165, 1.54) is 10.5 Å². The number of hydrogen-bond donors (Lipinski definition) is 1. The Balaban J connectivity index is 1.79. The van der Waals surface area contributed by atoms with Gasteiger partial charge in [-0.25, -0.2) is 0 Å². The van der Waals surface area contributed by atoms with Gasteiger partial charge < -0.3 is 14.1 Å². The lowest BCUT2D eigenvalue weighted by Gasteiger charge is -2.22. The van der Waals surface area contributed by atoms with Crippen molar-refractivity contribution in [3.05, 3.63) is 34.7 Å². The minimum absolute atomic E-state index is 0.430. The number of aromatic nitrogens is 2. The van der Waals surface area contributed by atoms with Crippen molar-refractivity contribution in [2.75, 3.05) is 26.3 Å². The SMILES string of the molecule is Cc1ccc(-c2nn(C[NH+]3CCOCC3)c(=S)o2)cc1. The third kappa shape index (κ3) is 2.98. The van der Waals surface area contributed by atoms with Crippen molar-refractivity contribution in [1.82, 2.24) is 9.78 Å². The van der Waals surface area contributed by atoms with Crippen LogP contribution in [0.3, 0.4) is 0 Å². The Kier molecular flexibility index (Phi) is 3.95. The molecule has 0 unspecified atom stereocenters. The van der Waals surface area contributed by atoms with Crippen LogP contribution < -0.4 is 4.90 Å². The molecule has 1 saturated heterocycles. The molecule has 2 heterocycles. The molecule has 6 heteroatoms. The second-order valence-electron chi connectivity index (χ2n) is 5.06. The molecule has 1 aromatic carbocycles. The molecule has 0 atom stereocenters. The fraction of sp³-hybridized carbons (Fsp3) is 0.429. The van der Waals surface area contributed by atoms with E-state index in [2.05, 4.69) is 12.0 Å². The molecule has 0 aliphatic carbocycles. The van der Waals surface area contributed by atoms with Crippen LogP contribution in [0.2, 0.25) is 0 Å². The highest BCUT2D eigenvalue weighted by molar-refractivity contribution is 7.71. The van der Waals surface area contributed by atoms with Gasteiger partial charge in [-0.1, -0.05) is 17.7 Å². The summed E-state index contributed by atoms with van der Waals surface area (Å²) in [5, 5.41) is 4.49. The van der Waals surface area contributed by atoms with Gasteiger partial charge in [-0.3, -0.25) is 0 Å². The van der Waals surface area contributed by atoms with Crippen molar-refractivity contribution < 1.29 is 14.1 Å². The highest BCUT2D eigenvalue weighted by atomic mass is 32.1. The Hall–Kier alpha value is -1.50. The van der Waals surface area contributed by atoms with Crippen molar-refractivity contribution in [1.29, 1.82) is 0 Å². The quantitative estimate of drug-likeness (QED) is 0.859. The second kappa shape index (κ2) is 5.87. The van der Waals surface area contributed by atoms with Gasteiger partial charge in [-0.15, -0.1) is 5.10 Å². The van der Waals surface area contributed by atoms with Crippen molar-refractivity contribution in [2.45, 2.75) is 13.6 Å². The van der Waals surface area contributed by atoms with Crippen LogP contribution in [0.4, 0.5) is 0 Å². The molecule has 1 aliphatic heterocycles. The predicted molar refractivity (Wildman–Crippen MR) is 77.0 cm³/mol. The molecular weight excluding hydrogens is 274 g/mol. The molecule has 0 bridgehead atoms. The van der Waals surface area contributed by atoms with Crippen molar-refractivity contribution in [2.24, 2.45) is 0 Å². The van der Waals surface area contributed by atoms with E-state index in [1.54, 1.807) is 4.68 Å². The Morgan fingerprint density at radius 2 is 1.95 bits per heavy atom. The summed E-state index contributed by atoms with van der Waals surface area (Å²) >= 11 is 5.26. The van der Waals surface area contributed by atoms with E-state index in [4.69, 9.17) is 21.4 Å². The van der Waals surface area contributed by atoms with Gasteiger partial charge in [0.2, 0.25) is 5.89 Å². The van der Waals surface area contributed by atoms with Gasteiger partial charge in [0.05, 0.1) is 13.2 Å². The molecule has 1 aliphatic rings. The van der Waals surface area contributed by atoms with E-state index in [-0.39, 0.29) is 0 Å². The average molecular weight is 292 g/mol. The first-order chi connectivity index (χ1) is 9.72. The lowest BCUT2D eigenvalue weighted by Crippen LogP contribution is -3.13. The summed E-state index contributed by atoms with van der Waals surface area (Å²) in [6.45, 7) is 6.34. The van der Waals surface area contributed by atoms with Crippen LogP contribution in [0.15, 0.2) is 28.7 Å². The largest absolute Gasteiger partial charge is 0.409 e. The lowest BCUT2D eigenvalue weighted by molar-refractivity contribution is -0.931. The first-order valence-electron chi connectivity index (χ1n) is 6.79. The fourth-order valence-electron chi connectivity index (χ4n) is 2.25. The number of benzene rings is 1. The zero-order chi connectivity index (χ0) is 13.9. The molecular formula is C14H18N3O2S+. The first kappa shape index (κ1) is 13.5.